The lowest BCUT2D eigenvalue weighted by Crippen LogP contribution is -2.49. The highest BCUT2D eigenvalue weighted by atomic mass is 79.9. The van der Waals surface area contributed by atoms with Crippen LogP contribution >= 0.6 is 15.9 Å². The van der Waals surface area contributed by atoms with E-state index in [9.17, 15) is 9.59 Å². The van der Waals surface area contributed by atoms with E-state index in [1.807, 2.05) is 24.3 Å². The molecule has 0 aromatic heterocycles. The van der Waals surface area contributed by atoms with Crippen LogP contribution in [0.1, 0.15) is 51.5 Å². The molecule has 0 radical (unpaired) electrons. The average Bonchev–Trinajstić information content (AvgIpc) is 2.38. The Morgan fingerprint density at radius 2 is 2.00 bits per heavy atom. The molecule has 2 rings (SSSR count). The predicted molar refractivity (Wildman–Crippen MR) is 86.8 cm³/mol. The molecule has 4 heteroatoms. The Labute approximate surface area is 134 Å². The van der Waals surface area contributed by atoms with Gasteiger partial charge in [-0.15, -0.1) is 0 Å². The molecule has 1 aliphatic heterocycles. The van der Waals surface area contributed by atoms with Crippen molar-refractivity contribution in [1.29, 1.82) is 0 Å². The van der Waals surface area contributed by atoms with Crippen molar-refractivity contribution in [2.24, 2.45) is 11.3 Å². The van der Waals surface area contributed by atoms with Crippen LogP contribution in [0.15, 0.2) is 28.7 Å². The summed E-state index contributed by atoms with van der Waals surface area (Å²) in [5, 5.41) is 2.50. The van der Waals surface area contributed by atoms with Gasteiger partial charge in [0.1, 0.15) is 0 Å². The van der Waals surface area contributed by atoms with E-state index in [1.165, 1.54) is 0 Å². The quantitative estimate of drug-likeness (QED) is 0.832. The molecular weight excluding hydrogens is 330 g/mol. The summed E-state index contributed by atoms with van der Waals surface area (Å²) in [6, 6.07) is 7.79. The number of piperidine rings is 1. The van der Waals surface area contributed by atoms with Crippen molar-refractivity contribution < 1.29 is 9.59 Å². The summed E-state index contributed by atoms with van der Waals surface area (Å²) in [4.78, 5) is 24.3. The average molecular weight is 352 g/mol. The van der Waals surface area contributed by atoms with Gasteiger partial charge in [-0.25, -0.2) is 0 Å². The van der Waals surface area contributed by atoms with Gasteiger partial charge >= 0.3 is 0 Å². The van der Waals surface area contributed by atoms with Crippen molar-refractivity contribution in [3.05, 3.63) is 34.3 Å². The maximum absolute atomic E-state index is 12.5. The lowest BCUT2D eigenvalue weighted by atomic mass is 9.65. The van der Waals surface area contributed by atoms with E-state index in [0.29, 0.717) is 12.3 Å². The van der Waals surface area contributed by atoms with Gasteiger partial charge in [0.15, 0.2) is 0 Å². The molecule has 0 saturated carbocycles. The number of rotatable bonds is 4. The van der Waals surface area contributed by atoms with Gasteiger partial charge in [-0.2, -0.15) is 0 Å². The normalized spacial score (nSPS) is 26.0. The standard InChI is InChI=1S/C17H22BrNO2/c1-11(2)8-9-17(3)10-14(20)19-16(21)15(17)12-6-4-5-7-13(12)18/h4-7,11,15H,8-10H2,1-3H3,(H,19,20,21). The smallest absolute Gasteiger partial charge is 0.234 e. The van der Waals surface area contributed by atoms with Crippen LogP contribution in [0.5, 0.6) is 0 Å². The molecule has 2 amide bonds. The molecule has 2 atom stereocenters. The van der Waals surface area contributed by atoms with Gasteiger partial charge in [0.2, 0.25) is 11.8 Å². The third-order valence-corrected chi connectivity index (χ3v) is 5.02. The molecular formula is C17H22BrNO2. The van der Waals surface area contributed by atoms with Gasteiger partial charge in [-0.3, -0.25) is 14.9 Å². The van der Waals surface area contributed by atoms with Crippen LogP contribution in [0.25, 0.3) is 0 Å². The zero-order chi connectivity index (χ0) is 15.6. The summed E-state index contributed by atoms with van der Waals surface area (Å²) >= 11 is 3.54. The molecule has 0 spiro atoms. The minimum Gasteiger partial charge on any atom is -0.296 e. The maximum atomic E-state index is 12.5. The number of benzene rings is 1. The highest BCUT2D eigenvalue weighted by Gasteiger charge is 2.46. The number of amides is 2. The molecule has 0 aliphatic carbocycles. The van der Waals surface area contributed by atoms with E-state index in [-0.39, 0.29) is 23.1 Å². The van der Waals surface area contributed by atoms with E-state index in [2.05, 4.69) is 42.0 Å². The topological polar surface area (TPSA) is 46.2 Å². The molecule has 21 heavy (non-hydrogen) atoms. The molecule has 1 aromatic rings. The zero-order valence-electron chi connectivity index (χ0n) is 12.8. The van der Waals surface area contributed by atoms with Crippen LogP contribution in [-0.2, 0) is 9.59 Å². The Hall–Kier alpha value is -1.16. The molecule has 1 saturated heterocycles. The van der Waals surface area contributed by atoms with Crippen LogP contribution in [0.4, 0.5) is 0 Å². The lowest BCUT2D eigenvalue weighted by Gasteiger charge is -2.41. The summed E-state index contributed by atoms with van der Waals surface area (Å²) in [6.07, 6.45) is 2.28. The van der Waals surface area contributed by atoms with Crippen LogP contribution in [0.2, 0.25) is 0 Å². The zero-order valence-corrected chi connectivity index (χ0v) is 14.4. The molecule has 0 bridgehead atoms. The maximum Gasteiger partial charge on any atom is 0.234 e. The summed E-state index contributed by atoms with van der Waals surface area (Å²) in [5.41, 5.74) is 0.641. The van der Waals surface area contributed by atoms with Gasteiger partial charge in [-0.05, 0) is 29.4 Å². The third kappa shape index (κ3) is 3.54. The number of nitrogens with one attached hydrogen (secondary N) is 1. The van der Waals surface area contributed by atoms with Gasteiger partial charge in [0, 0.05) is 10.9 Å². The first kappa shape index (κ1) is 16.2. The minimum absolute atomic E-state index is 0.158. The summed E-state index contributed by atoms with van der Waals surface area (Å²) in [6.45, 7) is 6.40. The van der Waals surface area contributed by atoms with E-state index in [1.54, 1.807) is 0 Å². The first-order valence-electron chi connectivity index (χ1n) is 7.41. The van der Waals surface area contributed by atoms with Gasteiger partial charge < -0.3 is 0 Å². The van der Waals surface area contributed by atoms with Crippen molar-refractivity contribution in [1.82, 2.24) is 5.32 Å². The number of hydrogen-bond donors (Lipinski definition) is 1. The number of hydrogen-bond acceptors (Lipinski definition) is 2. The molecule has 1 aromatic carbocycles. The Kier molecular flexibility index (Phi) is 4.87. The lowest BCUT2D eigenvalue weighted by molar-refractivity contribution is -0.139. The number of imide groups is 1. The third-order valence-electron chi connectivity index (χ3n) is 4.30. The van der Waals surface area contributed by atoms with Gasteiger partial charge in [0.25, 0.3) is 0 Å². The second kappa shape index (κ2) is 6.30. The molecule has 1 fully saturated rings. The second-order valence-corrected chi connectivity index (χ2v) is 7.48. The van der Waals surface area contributed by atoms with E-state index in [4.69, 9.17) is 0 Å². The fraction of sp³-hybridized carbons (Fsp3) is 0.529. The molecule has 1 N–H and O–H groups in total. The van der Waals surface area contributed by atoms with E-state index in [0.717, 1.165) is 22.9 Å². The van der Waals surface area contributed by atoms with Gasteiger partial charge in [-0.1, -0.05) is 61.3 Å². The van der Waals surface area contributed by atoms with Gasteiger partial charge in [0.05, 0.1) is 5.92 Å². The Morgan fingerprint density at radius 3 is 2.62 bits per heavy atom. The Bertz CT molecular complexity index is 555. The van der Waals surface area contributed by atoms with Crippen LogP contribution < -0.4 is 5.32 Å². The molecule has 1 aliphatic rings. The van der Waals surface area contributed by atoms with Crippen LogP contribution in [0, 0.1) is 11.3 Å². The molecule has 2 unspecified atom stereocenters. The van der Waals surface area contributed by atoms with Crippen molar-refractivity contribution in [3.63, 3.8) is 0 Å². The van der Waals surface area contributed by atoms with Crippen molar-refractivity contribution in [2.75, 3.05) is 0 Å². The Balaban J connectivity index is 2.40. The number of carbonyl (C=O) groups excluding carboxylic acids is 2. The summed E-state index contributed by atoms with van der Waals surface area (Å²) in [5.74, 6) is -0.0646. The summed E-state index contributed by atoms with van der Waals surface area (Å²) < 4.78 is 0.926. The number of halogens is 1. The SMILES string of the molecule is CC(C)CCC1(C)CC(=O)NC(=O)C1c1ccccc1Br. The van der Waals surface area contributed by atoms with E-state index >= 15 is 0 Å². The van der Waals surface area contributed by atoms with E-state index < -0.39 is 0 Å². The van der Waals surface area contributed by atoms with Crippen molar-refractivity contribution in [2.45, 2.75) is 46.0 Å². The monoisotopic (exact) mass is 351 g/mol. The highest BCUT2D eigenvalue weighted by Crippen LogP contribution is 2.47. The number of carbonyl (C=O) groups is 2. The fourth-order valence-corrected chi connectivity index (χ4v) is 3.63. The molecule has 3 nitrogen and oxygen atoms in total. The highest BCUT2D eigenvalue weighted by molar-refractivity contribution is 9.10. The van der Waals surface area contributed by atoms with Crippen molar-refractivity contribution in [3.8, 4) is 0 Å². The molecule has 1 heterocycles. The van der Waals surface area contributed by atoms with Crippen LogP contribution in [-0.4, -0.2) is 11.8 Å². The largest absolute Gasteiger partial charge is 0.296 e. The fourth-order valence-electron chi connectivity index (χ4n) is 3.12. The Morgan fingerprint density at radius 1 is 1.33 bits per heavy atom. The molecule has 114 valence electrons. The summed E-state index contributed by atoms with van der Waals surface area (Å²) in [7, 11) is 0. The van der Waals surface area contributed by atoms with Crippen molar-refractivity contribution >= 4 is 27.7 Å². The first-order valence-corrected chi connectivity index (χ1v) is 8.21. The van der Waals surface area contributed by atoms with Crippen LogP contribution in [0.3, 0.4) is 0 Å². The minimum atomic E-state index is -0.326. The predicted octanol–water partition coefficient (Wildman–Crippen LogP) is 4.02. The second-order valence-electron chi connectivity index (χ2n) is 6.63. The first-order chi connectivity index (χ1) is 9.83.